The molecule has 0 saturated heterocycles. The van der Waals surface area contributed by atoms with Gasteiger partial charge in [-0.25, -0.2) is 4.98 Å². The van der Waals surface area contributed by atoms with Crippen LogP contribution in [0.25, 0.3) is 10.9 Å². The van der Waals surface area contributed by atoms with Gasteiger partial charge in [-0.3, -0.25) is 4.98 Å². The molecule has 1 N–H and O–H groups in total. The third-order valence-corrected chi connectivity index (χ3v) is 4.60. The topological polar surface area (TPSA) is 37.8 Å². The molecule has 0 bridgehead atoms. The van der Waals surface area contributed by atoms with Crippen molar-refractivity contribution in [3.8, 4) is 0 Å². The zero-order valence-corrected chi connectivity index (χ0v) is 15.0. The van der Waals surface area contributed by atoms with Gasteiger partial charge < -0.3 is 5.32 Å². The minimum Gasteiger partial charge on any atom is -0.304 e. The number of rotatable bonds is 5. The summed E-state index contributed by atoms with van der Waals surface area (Å²) in [6.07, 6.45) is 1.85. The Morgan fingerprint density at radius 3 is 2.67 bits per heavy atom. The summed E-state index contributed by atoms with van der Waals surface area (Å²) in [4.78, 5) is 9.07. The van der Waals surface area contributed by atoms with Crippen LogP contribution in [0, 0.1) is 12.8 Å². The quantitative estimate of drug-likeness (QED) is 0.659. The van der Waals surface area contributed by atoms with E-state index in [4.69, 9.17) is 11.6 Å². The van der Waals surface area contributed by atoms with E-state index in [9.17, 15) is 0 Å². The standard InChI is InChI=1S/C20H22ClN3/c1-13(2)18(19-14(3)7-6-10-22-19)23-12-16-11-15-8-4-5-9-17(15)24-20(16)21/h4-11,13,18,23H,12H2,1-3H3. The maximum Gasteiger partial charge on any atom is 0.134 e. The summed E-state index contributed by atoms with van der Waals surface area (Å²) in [6, 6.07) is 14.4. The molecule has 0 fully saturated rings. The lowest BCUT2D eigenvalue weighted by atomic mass is 9.97. The van der Waals surface area contributed by atoms with Crippen molar-refractivity contribution in [3.05, 3.63) is 70.6 Å². The molecule has 3 rings (SSSR count). The molecule has 124 valence electrons. The van der Waals surface area contributed by atoms with E-state index in [1.807, 2.05) is 30.5 Å². The summed E-state index contributed by atoms with van der Waals surface area (Å²) in [7, 11) is 0. The van der Waals surface area contributed by atoms with E-state index in [1.165, 1.54) is 5.56 Å². The molecule has 0 aliphatic carbocycles. The van der Waals surface area contributed by atoms with E-state index in [0.29, 0.717) is 17.6 Å². The number of fused-ring (bicyclic) bond motifs is 1. The largest absolute Gasteiger partial charge is 0.304 e. The molecule has 0 radical (unpaired) electrons. The molecule has 3 aromatic rings. The number of halogens is 1. The molecule has 0 spiro atoms. The first-order valence-electron chi connectivity index (χ1n) is 8.25. The Morgan fingerprint density at radius 1 is 1.12 bits per heavy atom. The van der Waals surface area contributed by atoms with E-state index in [-0.39, 0.29) is 6.04 Å². The molecule has 0 aliphatic heterocycles. The van der Waals surface area contributed by atoms with Gasteiger partial charge in [0.1, 0.15) is 5.15 Å². The van der Waals surface area contributed by atoms with E-state index < -0.39 is 0 Å². The Morgan fingerprint density at radius 2 is 1.92 bits per heavy atom. The molecular weight excluding hydrogens is 318 g/mol. The summed E-state index contributed by atoms with van der Waals surface area (Å²) in [5.74, 6) is 0.422. The monoisotopic (exact) mass is 339 g/mol. The second kappa shape index (κ2) is 7.29. The van der Waals surface area contributed by atoms with Crippen molar-refractivity contribution in [2.24, 2.45) is 5.92 Å². The van der Waals surface area contributed by atoms with Gasteiger partial charge in [0.25, 0.3) is 0 Å². The van der Waals surface area contributed by atoms with Crippen LogP contribution in [0.1, 0.15) is 36.7 Å². The average molecular weight is 340 g/mol. The SMILES string of the molecule is Cc1cccnc1C(NCc1cc2ccccc2nc1Cl)C(C)C. The van der Waals surface area contributed by atoms with Crippen molar-refractivity contribution < 1.29 is 0 Å². The number of benzene rings is 1. The van der Waals surface area contributed by atoms with Crippen LogP contribution in [0.4, 0.5) is 0 Å². The Hall–Kier alpha value is -1.97. The summed E-state index contributed by atoms with van der Waals surface area (Å²) in [5, 5.41) is 5.27. The van der Waals surface area contributed by atoms with Crippen LogP contribution in [0.2, 0.25) is 5.15 Å². The van der Waals surface area contributed by atoms with Crippen molar-refractivity contribution in [2.75, 3.05) is 0 Å². The summed E-state index contributed by atoms with van der Waals surface area (Å²) in [5.41, 5.74) is 4.23. The second-order valence-electron chi connectivity index (χ2n) is 6.44. The van der Waals surface area contributed by atoms with Crippen molar-refractivity contribution in [2.45, 2.75) is 33.4 Å². The van der Waals surface area contributed by atoms with Crippen LogP contribution in [0.15, 0.2) is 48.7 Å². The second-order valence-corrected chi connectivity index (χ2v) is 6.80. The number of nitrogens with zero attached hydrogens (tertiary/aromatic N) is 2. The number of hydrogen-bond acceptors (Lipinski definition) is 3. The highest BCUT2D eigenvalue weighted by molar-refractivity contribution is 6.30. The molecule has 1 atom stereocenters. The van der Waals surface area contributed by atoms with E-state index in [2.05, 4.69) is 54.3 Å². The van der Waals surface area contributed by atoms with Crippen LogP contribution in [-0.4, -0.2) is 9.97 Å². The van der Waals surface area contributed by atoms with E-state index in [0.717, 1.165) is 22.2 Å². The predicted octanol–water partition coefficient (Wildman–Crippen LogP) is 5.08. The first-order valence-corrected chi connectivity index (χ1v) is 8.63. The summed E-state index contributed by atoms with van der Waals surface area (Å²) < 4.78 is 0. The van der Waals surface area contributed by atoms with E-state index >= 15 is 0 Å². The minimum absolute atomic E-state index is 0.175. The van der Waals surface area contributed by atoms with Crippen LogP contribution in [0.3, 0.4) is 0 Å². The highest BCUT2D eigenvalue weighted by Crippen LogP contribution is 2.25. The molecule has 2 aromatic heterocycles. The molecule has 3 nitrogen and oxygen atoms in total. The van der Waals surface area contributed by atoms with Gasteiger partial charge in [-0.15, -0.1) is 0 Å². The molecule has 0 aliphatic rings. The molecule has 1 unspecified atom stereocenters. The van der Waals surface area contributed by atoms with Gasteiger partial charge in [0, 0.05) is 23.7 Å². The zero-order valence-electron chi connectivity index (χ0n) is 14.3. The van der Waals surface area contributed by atoms with Gasteiger partial charge in [-0.2, -0.15) is 0 Å². The highest BCUT2D eigenvalue weighted by Gasteiger charge is 2.19. The average Bonchev–Trinajstić information content (AvgIpc) is 2.56. The molecule has 0 amide bonds. The fourth-order valence-corrected chi connectivity index (χ4v) is 3.16. The van der Waals surface area contributed by atoms with Crippen molar-refractivity contribution in [1.29, 1.82) is 0 Å². The smallest absolute Gasteiger partial charge is 0.134 e. The number of hydrogen-bond donors (Lipinski definition) is 1. The lowest BCUT2D eigenvalue weighted by molar-refractivity contribution is 0.400. The van der Waals surface area contributed by atoms with Gasteiger partial charge in [0.2, 0.25) is 0 Å². The fourth-order valence-electron chi connectivity index (χ4n) is 2.95. The molecule has 4 heteroatoms. The number of pyridine rings is 2. The number of aryl methyl sites for hydroxylation is 1. The van der Waals surface area contributed by atoms with Crippen LogP contribution in [0.5, 0.6) is 0 Å². The van der Waals surface area contributed by atoms with E-state index in [1.54, 1.807) is 0 Å². The highest BCUT2D eigenvalue weighted by atomic mass is 35.5. The third kappa shape index (κ3) is 3.58. The first-order chi connectivity index (χ1) is 11.6. The van der Waals surface area contributed by atoms with Crippen LogP contribution >= 0.6 is 11.6 Å². The lowest BCUT2D eigenvalue weighted by Gasteiger charge is -2.23. The first kappa shape index (κ1) is 16.9. The minimum atomic E-state index is 0.175. The zero-order chi connectivity index (χ0) is 17.1. The molecule has 2 heterocycles. The van der Waals surface area contributed by atoms with Crippen LogP contribution < -0.4 is 5.32 Å². The Labute approximate surface area is 148 Å². The maximum absolute atomic E-state index is 6.38. The predicted molar refractivity (Wildman–Crippen MR) is 100 cm³/mol. The molecule has 1 aromatic carbocycles. The van der Waals surface area contributed by atoms with Crippen LogP contribution in [-0.2, 0) is 6.54 Å². The Bertz CT molecular complexity index is 845. The van der Waals surface area contributed by atoms with Gasteiger partial charge in [-0.05, 0) is 36.6 Å². The number of nitrogens with one attached hydrogen (secondary N) is 1. The summed E-state index contributed by atoms with van der Waals surface area (Å²) >= 11 is 6.38. The van der Waals surface area contributed by atoms with Crippen molar-refractivity contribution in [1.82, 2.24) is 15.3 Å². The van der Waals surface area contributed by atoms with Crippen molar-refractivity contribution in [3.63, 3.8) is 0 Å². The normalized spacial score (nSPS) is 12.7. The van der Waals surface area contributed by atoms with Gasteiger partial charge in [-0.1, -0.05) is 49.7 Å². The van der Waals surface area contributed by atoms with Crippen molar-refractivity contribution >= 4 is 22.5 Å². The number of para-hydroxylation sites is 1. The molecule has 0 saturated carbocycles. The molecular formula is C20H22ClN3. The molecule has 24 heavy (non-hydrogen) atoms. The third-order valence-electron chi connectivity index (χ3n) is 4.27. The van der Waals surface area contributed by atoms with Gasteiger partial charge in [0.15, 0.2) is 0 Å². The van der Waals surface area contributed by atoms with Gasteiger partial charge >= 0.3 is 0 Å². The lowest BCUT2D eigenvalue weighted by Crippen LogP contribution is -2.27. The fraction of sp³-hybridized carbons (Fsp3) is 0.300. The Kier molecular flexibility index (Phi) is 5.12. The maximum atomic E-state index is 6.38. The Balaban J connectivity index is 1.85. The summed E-state index contributed by atoms with van der Waals surface area (Å²) in [6.45, 7) is 7.16. The van der Waals surface area contributed by atoms with Gasteiger partial charge in [0.05, 0.1) is 17.3 Å². The number of aromatic nitrogens is 2.